The lowest BCUT2D eigenvalue weighted by Crippen LogP contribution is -2.71. The topological polar surface area (TPSA) is 99.4 Å². The van der Waals surface area contributed by atoms with Crippen LogP contribution in [0.3, 0.4) is 0 Å². The number of ether oxygens (including phenoxy) is 2. The van der Waals surface area contributed by atoms with E-state index in [9.17, 15) is 15.3 Å². The zero-order chi connectivity index (χ0) is 11.4. The summed E-state index contributed by atoms with van der Waals surface area (Å²) in [5, 5.41) is 37.9. The van der Waals surface area contributed by atoms with Gasteiger partial charge >= 0.3 is 0 Å². The van der Waals surface area contributed by atoms with Gasteiger partial charge in [-0.2, -0.15) is 0 Å². The van der Waals surface area contributed by atoms with Crippen molar-refractivity contribution >= 4 is 0 Å². The van der Waals surface area contributed by atoms with Crippen LogP contribution in [0.4, 0.5) is 0 Å². The molecule has 0 radical (unpaired) electrons. The second-order valence-corrected chi connectivity index (χ2v) is 4.57. The smallest absolute Gasteiger partial charge is 0.225 e. The van der Waals surface area contributed by atoms with Crippen molar-refractivity contribution in [1.29, 1.82) is 0 Å². The van der Waals surface area contributed by atoms with Crippen LogP contribution in [0.1, 0.15) is 13.8 Å². The van der Waals surface area contributed by atoms with Crippen molar-refractivity contribution in [2.45, 2.75) is 49.7 Å². The highest BCUT2D eigenvalue weighted by atomic mass is 16.7. The van der Waals surface area contributed by atoms with Gasteiger partial charge in [-0.25, -0.2) is 0 Å². The van der Waals surface area contributed by atoms with Gasteiger partial charge in [-0.15, -0.1) is 0 Å². The number of aliphatic hydroxyl groups excluding tert-OH is 3. The van der Waals surface area contributed by atoms with Crippen LogP contribution in [0.2, 0.25) is 0 Å². The molecule has 2 saturated heterocycles. The van der Waals surface area contributed by atoms with Gasteiger partial charge in [0.15, 0.2) is 0 Å². The van der Waals surface area contributed by atoms with Crippen molar-refractivity contribution in [3.05, 3.63) is 0 Å². The average Bonchev–Trinajstić information content (AvgIpc) is 2.39. The highest BCUT2D eigenvalue weighted by Gasteiger charge is 2.72. The van der Waals surface area contributed by atoms with E-state index in [1.165, 1.54) is 0 Å². The molecule has 1 unspecified atom stereocenters. The van der Waals surface area contributed by atoms with Gasteiger partial charge in [0.25, 0.3) is 0 Å². The van der Waals surface area contributed by atoms with Crippen molar-refractivity contribution in [3.63, 3.8) is 0 Å². The van der Waals surface area contributed by atoms with E-state index in [2.05, 4.69) is 0 Å². The maximum Gasteiger partial charge on any atom is 0.225 e. The molecule has 0 amide bonds. The van der Waals surface area contributed by atoms with Crippen LogP contribution in [0, 0.1) is 0 Å². The summed E-state index contributed by atoms with van der Waals surface area (Å²) in [5.74, 6) is -1.59. The molecular formula is C9H16O6. The van der Waals surface area contributed by atoms with Crippen LogP contribution in [0.15, 0.2) is 0 Å². The molecule has 2 aliphatic heterocycles. The Balaban J connectivity index is 2.17. The summed E-state index contributed by atoms with van der Waals surface area (Å²) < 4.78 is 10.5. The van der Waals surface area contributed by atoms with Gasteiger partial charge in [-0.05, 0) is 13.8 Å². The van der Waals surface area contributed by atoms with Gasteiger partial charge in [-0.3, -0.25) is 0 Å². The predicted molar refractivity (Wildman–Crippen MR) is 47.9 cm³/mol. The summed E-state index contributed by atoms with van der Waals surface area (Å²) >= 11 is 0. The summed E-state index contributed by atoms with van der Waals surface area (Å²) in [5.41, 5.74) is -0.914. The number of fused-ring (bicyclic) bond motifs is 1. The van der Waals surface area contributed by atoms with E-state index in [0.717, 1.165) is 0 Å². The Morgan fingerprint density at radius 1 is 1.33 bits per heavy atom. The second kappa shape index (κ2) is 3.13. The second-order valence-electron chi connectivity index (χ2n) is 4.57. The van der Waals surface area contributed by atoms with Gasteiger partial charge < -0.3 is 29.9 Å². The first kappa shape index (κ1) is 11.3. The van der Waals surface area contributed by atoms with Gasteiger partial charge in [0.1, 0.15) is 30.0 Å². The van der Waals surface area contributed by atoms with E-state index in [1.807, 2.05) is 0 Å². The quantitative estimate of drug-likeness (QED) is 0.428. The van der Waals surface area contributed by atoms with E-state index < -0.39 is 42.4 Å². The number of aliphatic hydroxyl groups is 4. The Bertz CT molecular complexity index is 267. The number of hydrogen-bond donors (Lipinski definition) is 4. The molecule has 88 valence electrons. The van der Waals surface area contributed by atoms with Gasteiger partial charge in [0.2, 0.25) is 5.79 Å². The number of hydrogen-bond acceptors (Lipinski definition) is 6. The van der Waals surface area contributed by atoms with Crippen LogP contribution in [-0.2, 0) is 9.47 Å². The van der Waals surface area contributed by atoms with E-state index in [4.69, 9.17) is 14.6 Å². The monoisotopic (exact) mass is 220 g/mol. The van der Waals surface area contributed by atoms with Gasteiger partial charge in [0, 0.05) is 0 Å². The zero-order valence-electron chi connectivity index (χ0n) is 8.62. The molecule has 5 atom stereocenters. The largest absolute Gasteiger partial charge is 0.394 e. The summed E-state index contributed by atoms with van der Waals surface area (Å²) in [6, 6.07) is 0. The van der Waals surface area contributed by atoms with Gasteiger partial charge in [-0.1, -0.05) is 0 Å². The van der Waals surface area contributed by atoms with Crippen molar-refractivity contribution in [2.24, 2.45) is 0 Å². The van der Waals surface area contributed by atoms with E-state index in [0.29, 0.717) is 0 Å². The first-order valence-corrected chi connectivity index (χ1v) is 4.88. The average molecular weight is 220 g/mol. The fourth-order valence-corrected chi connectivity index (χ4v) is 2.14. The van der Waals surface area contributed by atoms with E-state index in [1.54, 1.807) is 13.8 Å². The molecule has 6 heteroatoms. The first-order valence-electron chi connectivity index (χ1n) is 4.88. The SMILES string of the molecule is CC1(C)O[C@@H]2[C@@H](O)[C@@H]([C@H](O)CO)OC21O. The molecule has 4 N–H and O–H groups in total. The van der Waals surface area contributed by atoms with Crippen molar-refractivity contribution in [2.75, 3.05) is 6.61 Å². The van der Waals surface area contributed by atoms with Crippen molar-refractivity contribution in [1.82, 2.24) is 0 Å². The molecule has 0 bridgehead atoms. The van der Waals surface area contributed by atoms with Crippen molar-refractivity contribution in [3.8, 4) is 0 Å². The van der Waals surface area contributed by atoms with Crippen LogP contribution in [0.25, 0.3) is 0 Å². The van der Waals surface area contributed by atoms with Crippen LogP contribution in [0.5, 0.6) is 0 Å². The molecule has 2 aliphatic rings. The van der Waals surface area contributed by atoms with Crippen LogP contribution < -0.4 is 0 Å². The summed E-state index contributed by atoms with van der Waals surface area (Å²) in [7, 11) is 0. The lowest BCUT2D eigenvalue weighted by atomic mass is 9.83. The highest BCUT2D eigenvalue weighted by Crippen LogP contribution is 2.51. The molecule has 0 aromatic rings. The normalized spacial score (nSPS) is 49.6. The highest BCUT2D eigenvalue weighted by molar-refractivity contribution is 5.13. The Kier molecular flexibility index (Phi) is 2.35. The standard InChI is InChI=1S/C9H16O6/c1-8(2)9(13)7(15-8)5(12)6(14-9)4(11)3-10/h4-7,10-13H,3H2,1-2H3/t4-,5+,6-,7-,9?/m1/s1. The summed E-state index contributed by atoms with van der Waals surface area (Å²) in [6.45, 7) is 2.72. The Hall–Kier alpha value is -0.240. The maximum atomic E-state index is 10.1. The minimum Gasteiger partial charge on any atom is -0.394 e. The fraction of sp³-hybridized carbons (Fsp3) is 1.00. The maximum absolute atomic E-state index is 10.1. The zero-order valence-corrected chi connectivity index (χ0v) is 8.62. The summed E-state index contributed by atoms with van der Waals surface area (Å²) in [6.07, 6.45) is -4.25. The molecule has 6 nitrogen and oxygen atoms in total. The van der Waals surface area contributed by atoms with Gasteiger partial charge in [0.05, 0.1) is 6.61 Å². The minimum atomic E-state index is -1.59. The Morgan fingerprint density at radius 2 is 1.93 bits per heavy atom. The first-order chi connectivity index (χ1) is 6.83. The van der Waals surface area contributed by atoms with Crippen molar-refractivity contribution < 1.29 is 29.9 Å². The lowest BCUT2D eigenvalue weighted by molar-refractivity contribution is -0.416. The van der Waals surface area contributed by atoms with E-state index in [-0.39, 0.29) is 0 Å². The molecule has 0 aromatic heterocycles. The molecule has 0 saturated carbocycles. The minimum absolute atomic E-state index is 0.537. The van der Waals surface area contributed by atoms with E-state index >= 15 is 0 Å². The predicted octanol–water partition coefficient (Wildman–Crippen LogP) is -2.03. The van der Waals surface area contributed by atoms with Crippen LogP contribution >= 0.6 is 0 Å². The molecular weight excluding hydrogens is 204 g/mol. The molecule has 2 heterocycles. The fourth-order valence-electron chi connectivity index (χ4n) is 2.14. The molecule has 0 aromatic carbocycles. The molecule has 15 heavy (non-hydrogen) atoms. The Labute approximate surface area is 87.1 Å². The third-order valence-electron chi connectivity index (χ3n) is 3.20. The number of rotatable bonds is 2. The lowest BCUT2D eigenvalue weighted by Gasteiger charge is -2.53. The molecule has 2 rings (SSSR count). The Morgan fingerprint density at radius 3 is 2.33 bits per heavy atom. The third-order valence-corrected chi connectivity index (χ3v) is 3.20. The molecule has 2 fully saturated rings. The molecule has 0 aliphatic carbocycles. The summed E-state index contributed by atoms with van der Waals surface area (Å²) in [4.78, 5) is 0. The van der Waals surface area contributed by atoms with Crippen LogP contribution in [-0.4, -0.2) is 62.8 Å². The molecule has 0 spiro atoms. The third kappa shape index (κ3) is 1.27.